The van der Waals surface area contributed by atoms with Gasteiger partial charge in [-0.25, -0.2) is 0 Å². The van der Waals surface area contributed by atoms with Crippen molar-refractivity contribution in [2.45, 2.75) is 6.54 Å². The van der Waals surface area contributed by atoms with E-state index in [1.807, 2.05) is 0 Å². The topological polar surface area (TPSA) is 82.0 Å². The highest BCUT2D eigenvalue weighted by atomic mass is 16.5. The number of ketones is 2. The van der Waals surface area contributed by atoms with E-state index in [0.29, 0.717) is 11.3 Å². The standard InChI is InChI=1S/C17H13NO5/c1-22-12-5-3-4-10-14(12)17(20)15-11(16(10)19)6-9(8-18-21)7-13(15)23-2/h3-7H,8H2,1-2H3. The van der Waals surface area contributed by atoms with Gasteiger partial charge >= 0.3 is 0 Å². The van der Waals surface area contributed by atoms with E-state index in [4.69, 9.17) is 9.47 Å². The summed E-state index contributed by atoms with van der Waals surface area (Å²) in [6.07, 6.45) is 0. The van der Waals surface area contributed by atoms with Gasteiger partial charge in [-0.15, -0.1) is 0 Å². The van der Waals surface area contributed by atoms with Crippen LogP contribution in [0.4, 0.5) is 0 Å². The molecule has 0 atom stereocenters. The molecule has 116 valence electrons. The minimum atomic E-state index is -0.338. The van der Waals surface area contributed by atoms with Crippen molar-refractivity contribution in [2.75, 3.05) is 14.2 Å². The second-order valence-electron chi connectivity index (χ2n) is 5.05. The third kappa shape index (κ3) is 2.19. The lowest BCUT2D eigenvalue weighted by Crippen LogP contribution is -2.23. The third-order valence-corrected chi connectivity index (χ3v) is 3.82. The Morgan fingerprint density at radius 2 is 1.61 bits per heavy atom. The van der Waals surface area contributed by atoms with E-state index < -0.39 is 0 Å². The van der Waals surface area contributed by atoms with Crippen molar-refractivity contribution in [3.8, 4) is 11.5 Å². The summed E-state index contributed by atoms with van der Waals surface area (Å²) in [4.78, 5) is 36.2. The molecule has 0 saturated carbocycles. The van der Waals surface area contributed by atoms with E-state index in [9.17, 15) is 14.5 Å². The lowest BCUT2D eigenvalue weighted by Gasteiger charge is -2.21. The largest absolute Gasteiger partial charge is 0.496 e. The predicted octanol–water partition coefficient (Wildman–Crippen LogP) is 2.75. The molecule has 0 radical (unpaired) electrons. The summed E-state index contributed by atoms with van der Waals surface area (Å²) in [6.45, 7) is -0.101. The lowest BCUT2D eigenvalue weighted by molar-refractivity contribution is 0.0974. The van der Waals surface area contributed by atoms with Crippen LogP contribution in [0, 0.1) is 4.91 Å². The SMILES string of the molecule is COc1cccc2c1C(=O)c1c(OC)cc(CN=O)cc1C2=O. The van der Waals surface area contributed by atoms with Gasteiger partial charge in [0.15, 0.2) is 5.78 Å². The molecule has 0 aliphatic heterocycles. The minimum absolute atomic E-state index is 0.101. The minimum Gasteiger partial charge on any atom is -0.496 e. The highest BCUT2D eigenvalue weighted by Crippen LogP contribution is 2.37. The van der Waals surface area contributed by atoms with Crippen LogP contribution in [0.5, 0.6) is 11.5 Å². The maximum absolute atomic E-state index is 12.9. The van der Waals surface area contributed by atoms with Gasteiger partial charge in [0.25, 0.3) is 0 Å². The monoisotopic (exact) mass is 311 g/mol. The molecule has 0 unspecified atom stereocenters. The lowest BCUT2D eigenvalue weighted by atomic mass is 9.82. The number of nitrogens with zero attached hydrogens (tertiary/aromatic N) is 1. The van der Waals surface area contributed by atoms with Crippen molar-refractivity contribution < 1.29 is 19.1 Å². The first kappa shape index (κ1) is 14.9. The molecule has 0 saturated heterocycles. The maximum Gasteiger partial charge on any atom is 0.201 e. The van der Waals surface area contributed by atoms with E-state index in [0.717, 1.165) is 0 Å². The van der Waals surface area contributed by atoms with Gasteiger partial charge in [-0.05, 0) is 23.8 Å². The quantitative estimate of drug-likeness (QED) is 0.692. The molecule has 0 amide bonds. The molecule has 0 fully saturated rings. The number of hydrogen-bond acceptors (Lipinski definition) is 6. The molecule has 0 aromatic heterocycles. The molecule has 0 bridgehead atoms. The molecule has 3 rings (SSSR count). The van der Waals surface area contributed by atoms with Gasteiger partial charge in [-0.2, -0.15) is 4.91 Å². The van der Waals surface area contributed by atoms with Gasteiger partial charge in [0.05, 0.1) is 25.3 Å². The van der Waals surface area contributed by atoms with E-state index in [2.05, 4.69) is 5.18 Å². The second-order valence-corrected chi connectivity index (χ2v) is 5.05. The van der Waals surface area contributed by atoms with Crippen LogP contribution in [0.2, 0.25) is 0 Å². The number of carbonyl (C=O) groups is 2. The van der Waals surface area contributed by atoms with Crippen molar-refractivity contribution in [2.24, 2.45) is 5.18 Å². The number of hydrogen-bond donors (Lipinski definition) is 0. The van der Waals surface area contributed by atoms with Crippen LogP contribution in [0.25, 0.3) is 0 Å². The van der Waals surface area contributed by atoms with Crippen LogP contribution in [0.1, 0.15) is 37.4 Å². The summed E-state index contributed by atoms with van der Waals surface area (Å²) in [5.74, 6) is -0.0581. The Hall–Kier alpha value is -3.02. The van der Waals surface area contributed by atoms with Gasteiger partial charge < -0.3 is 9.47 Å². The van der Waals surface area contributed by atoms with Crippen LogP contribution in [-0.2, 0) is 6.54 Å². The summed E-state index contributed by atoms with van der Waals surface area (Å²) < 4.78 is 10.5. The fraction of sp³-hybridized carbons (Fsp3) is 0.176. The Morgan fingerprint density at radius 1 is 0.913 bits per heavy atom. The zero-order valence-electron chi connectivity index (χ0n) is 12.6. The van der Waals surface area contributed by atoms with Crippen molar-refractivity contribution in [1.82, 2.24) is 0 Å². The van der Waals surface area contributed by atoms with Gasteiger partial charge in [0.1, 0.15) is 18.0 Å². The molecule has 2 aromatic carbocycles. The van der Waals surface area contributed by atoms with E-state index >= 15 is 0 Å². The van der Waals surface area contributed by atoms with Gasteiger partial charge in [-0.1, -0.05) is 17.3 Å². The van der Waals surface area contributed by atoms with Crippen LogP contribution in [0.15, 0.2) is 35.5 Å². The Balaban J connectivity index is 2.30. The maximum atomic E-state index is 12.9. The zero-order valence-corrected chi connectivity index (χ0v) is 12.6. The van der Waals surface area contributed by atoms with Gasteiger partial charge in [-0.3, -0.25) is 9.59 Å². The van der Waals surface area contributed by atoms with Crippen molar-refractivity contribution in [3.05, 3.63) is 63.1 Å². The fourth-order valence-corrected chi connectivity index (χ4v) is 2.81. The van der Waals surface area contributed by atoms with Crippen molar-refractivity contribution in [1.29, 1.82) is 0 Å². The van der Waals surface area contributed by atoms with Crippen LogP contribution >= 0.6 is 0 Å². The molecule has 0 spiro atoms. The highest BCUT2D eigenvalue weighted by Gasteiger charge is 2.35. The fourth-order valence-electron chi connectivity index (χ4n) is 2.81. The van der Waals surface area contributed by atoms with Crippen molar-refractivity contribution >= 4 is 11.6 Å². The number of methoxy groups -OCH3 is 2. The predicted molar refractivity (Wildman–Crippen MR) is 82.4 cm³/mol. The molecular formula is C17H13NO5. The molecule has 2 aromatic rings. The number of benzene rings is 2. The van der Waals surface area contributed by atoms with E-state index in [1.165, 1.54) is 20.3 Å². The molecule has 6 heteroatoms. The third-order valence-electron chi connectivity index (χ3n) is 3.82. The summed E-state index contributed by atoms with van der Waals surface area (Å²) >= 11 is 0. The summed E-state index contributed by atoms with van der Waals surface area (Å²) in [7, 11) is 2.85. The number of carbonyl (C=O) groups excluding carboxylic acids is 2. The van der Waals surface area contributed by atoms with E-state index in [-0.39, 0.29) is 46.1 Å². The molecule has 0 N–H and O–H groups in total. The molecule has 1 aliphatic carbocycles. The highest BCUT2D eigenvalue weighted by molar-refractivity contribution is 6.30. The summed E-state index contributed by atoms with van der Waals surface area (Å²) in [6, 6.07) is 7.93. The average molecular weight is 311 g/mol. The second kappa shape index (κ2) is 5.64. The molecule has 6 nitrogen and oxygen atoms in total. The molecule has 1 aliphatic rings. The van der Waals surface area contributed by atoms with Crippen molar-refractivity contribution in [3.63, 3.8) is 0 Å². The average Bonchev–Trinajstić information content (AvgIpc) is 2.58. The molecule has 23 heavy (non-hydrogen) atoms. The number of ether oxygens (including phenoxy) is 2. The van der Waals surface area contributed by atoms with Crippen LogP contribution in [0.3, 0.4) is 0 Å². The number of fused-ring (bicyclic) bond motifs is 2. The Bertz CT molecular complexity index is 841. The first-order chi connectivity index (χ1) is 11.1. The summed E-state index contributed by atoms with van der Waals surface area (Å²) in [5.41, 5.74) is 1.42. The van der Waals surface area contributed by atoms with Gasteiger partial charge in [0.2, 0.25) is 5.78 Å². The normalized spacial score (nSPS) is 12.4. The number of rotatable bonds is 4. The van der Waals surface area contributed by atoms with E-state index in [1.54, 1.807) is 24.3 Å². The van der Waals surface area contributed by atoms with Crippen LogP contribution < -0.4 is 9.47 Å². The first-order valence-electron chi connectivity index (χ1n) is 6.88. The first-order valence-corrected chi connectivity index (χ1v) is 6.88. The zero-order chi connectivity index (χ0) is 16.6. The Labute approximate surface area is 132 Å². The number of nitroso groups, excluding NO2 is 1. The van der Waals surface area contributed by atoms with Crippen LogP contribution in [-0.4, -0.2) is 25.8 Å². The summed E-state index contributed by atoms with van der Waals surface area (Å²) in [5, 5.41) is 2.82. The Morgan fingerprint density at radius 3 is 2.26 bits per heavy atom. The molecular weight excluding hydrogens is 298 g/mol. The van der Waals surface area contributed by atoms with Gasteiger partial charge in [0, 0.05) is 11.1 Å². The Kier molecular flexibility index (Phi) is 3.65. The smallest absolute Gasteiger partial charge is 0.201 e. The molecule has 0 heterocycles.